The second kappa shape index (κ2) is 4.82. The average molecular weight is 338 g/mol. The lowest BCUT2D eigenvalue weighted by Crippen LogP contribution is -2.04. The first-order valence-electron chi connectivity index (χ1n) is 6.70. The predicted octanol–water partition coefficient (Wildman–Crippen LogP) is 1.89. The van der Waals surface area contributed by atoms with Gasteiger partial charge in [0, 0.05) is 11.5 Å². The van der Waals surface area contributed by atoms with Gasteiger partial charge in [-0.05, 0) is 18.6 Å². The molecule has 2 aromatic heterocycles. The first kappa shape index (κ1) is 13.8. The molecule has 1 aliphatic rings. The number of halogens is 1. The minimum absolute atomic E-state index is 0.0861. The summed E-state index contributed by atoms with van der Waals surface area (Å²) >= 11 is 1.34. The van der Waals surface area contributed by atoms with Gasteiger partial charge < -0.3 is 0 Å². The topological polar surface area (TPSA) is 77.2 Å². The Hall–Kier alpha value is -1.87. The third-order valence-electron chi connectivity index (χ3n) is 3.67. The number of rotatable bonds is 2. The number of fused-ring (bicyclic) bond motifs is 1. The highest BCUT2D eigenvalue weighted by molar-refractivity contribution is 7.91. The van der Waals surface area contributed by atoms with Gasteiger partial charge in [-0.15, -0.1) is 10.2 Å². The largest absolute Gasteiger partial charge is 0.234 e. The Morgan fingerprint density at radius 2 is 2.18 bits per heavy atom. The van der Waals surface area contributed by atoms with Crippen molar-refractivity contribution >= 4 is 26.1 Å². The Kier molecular flexibility index (Phi) is 3.01. The van der Waals surface area contributed by atoms with E-state index in [1.54, 1.807) is 16.6 Å². The minimum Gasteiger partial charge on any atom is -0.229 e. The van der Waals surface area contributed by atoms with Crippen LogP contribution in [0.5, 0.6) is 0 Å². The van der Waals surface area contributed by atoms with Crippen LogP contribution in [0, 0.1) is 5.82 Å². The van der Waals surface area contributed by atoms with E-state index in [9.17, 15) is 12.8 Å². The van der Waals surface area contributed by atoms with Gasteiger partial charge in [0.05, 0.1) is 11.5 Å². The smallest absolute Gasteiger partial charge is 0.229 e. The van der Waals surface area contributed by atoms with Crippen molar-refractivity contribution in [2.45, 2.75) is 12.3 Å². The summed E-state index contributed by atoms with van der Waals surface area (Å²) in [5, 5.41) is 13.3. The second-order valence-electron chi connectivity index (χ2n) is 5.27. The Morgan fingerprint density at radius 1 is 1.32 bits per heavy atom. The molecule has 1 aromatic carbocycles. The van der Waals surface area contributed by atoms with E-state index in [0.717, 1.165) is 5.01 Å². The van der Waals surface area contributed by atoms with E-state index in [4.69, 9.17) is 0 Å². The molecule has 1 aliphatic heterocycles. The molecule has 0 bridgehead atoms. The molecule has 0 N–H and O–H groups in total. The number of nitrogens with zero attached hydrogens (tertiary/aromatic N) is 4. The van der Waals surface area contributed by atoms with Gasteiger partial charge in [-0.2, -0.15) is 9.61 Å². The molecule has 6 nitrogen and oxygen atoms in total. The molecule has 0 aliphatic carbocycles. The van der Waals surface area contributed by atoms with Crippen LogP contribution in [0.3, 0.4) is 0 Å². The van der Waals surface area contributed by atoms with Gasteiger partial charge >= 0.3 is 0 Å². The zero-order valence-corrected chi connectivity index (χ0v) is 12.9. The van der Waals surface area contributed by atoms with Crippen molar-refractivity contribution in [3.05, 3.63) is 35.1 Å². The molecule has 3 aromatic rings. The van der Waals surface area contributed by atoms with Crippen LogP contribution >= 0.6 is 11.3 Å². The first-order chi connectivity index (χ1) is 10.5. The molecule has 0 radical (unpaired) electrons. The van der Waals surface area contributed by atoms with Gasteiger partial charge in [-0.3, -0.25) is 0 Å². The van der Waals surface area contributed by atoms with Crippen LogP contribution < -0.4 is 0 Å². The molecular weight excluding hydrogens is 327 g/mol. The average Bonchev–Trinajstić information content (AvgIpc) is 3.11. The summed E-state index contributed by atoms with van der Waals surface area (Å²) in [6.07, 6.45) is 0.585. The highest BCUT2D eigenvalue weighted by Gasteiger charge is 2.32. The minimum atomic E-state index is -2.96. The van der Waals surface area contributed by atoms with Crippen LogP contribution in [-0.2, 0) is 9.84 Å². The SMILES string of the molecule is O=S1(=O)CC[C@@H](c2nn3c(-c4cccc(F)c4)nnc3s2)C1. The molecule has 0 unspecified atom stereocenters. The van der Waals surface area contributed by atoms with E-state index in [-0.39, 0.29) is 23.2 Å². The van der Waals surface area contributed by atoms with Crippen LogP contribution in [0.4, 0.5) is 4.39 Å². The molecule has 0 amide bonds. The van der Waals surface area contributed by atoms with E-state index < -0.39 is 9.84 Å². The fourth-order valence-electron chi connectivity index (χ4n) is 2.59. The fourth-order valence-corrected chi connectivity index (χ4v) is 5.42. The van der Waals surface area contributed by atoms with Gasteiger partial charge in [0.1, 0.15) is 10.8 Å². The van der Waals surface area contributed by atoms with E-state index >= 15 is 0 Å². The third-order valence-corrected chi connectivity index (χ3v) is 6.50. The van der Waals surface area contributed by atoms with Gasteiger partial charge in [0.25, 0.3) is 0 Å². The van der Waals surface area contributed by atoms with Crippen molar-refractivity contribution in [1.82, 2.24) is 19.8 Å². The maximum atomic E-state index is 13.4. The predicted molar refractivity (Wildman–Crippen MR) is 80.1 cm³/mol. The van der Waals surface area contributed by atoms with Gasteiger partial charge in [-0.1, -0.05) is 23.5 Å². The van der Waals surface area contributed by atoms with Crippen LogP contribution in [0.15, 0.2) is 24.3 Å². The van der Waals surface area contributed by atoms with E-state index in [1.165, 1.54) is 23.5 Å². The summed E-state index contributed by atoms with van der Waals surface area (Å²) in [6, 6.07) is 6.06. The lowest BCUT2D eigenvalue weighted by Gasteiger charge is -2.00. The second-order valence-corrected chi connectivity index (χ2v) is 8.48. The van der Waals surface area contributed by atoms with Gasteiger partial charge in [-0.25, -0.2) is 12.8 Å². The van der Waals surface area contributed by atoms with Crippen molar-refractivity contribution < 1.29 is 12.8 Å². The molecule has 1 fully saturated rings. The molecule has 1 saturated heterocycles. The van der Waals surface area contributed by atoms with Gasteiger partial charge in [0.2, 0.25) is 4.96 Å². The van der Waals surface area contributed by atoms with Gasteiger partial charge in [0.15, 0.2) is 15.7 Å². The monoisotopic (exact) mass is 338 g/mol. The van der Waals surface area contributed by atoms with Crippen molar-refractivity contribution in [3.8, 4) is 11.4 Å². The van der Waals surface area contributed by atoms with Crippen molar-refractivity contribution in [3.63, 3.8) is 0 Å². The van der Waals surface area contributed by atoms with Crippen molar-refractivity contribution in [2.75, 3.05) is 11.5 Å². The lowest BCUT2D eigenvalue weighted by molar-refractivity contribution is 0.601. The maximum Gasteiger partial charge on any atom is 0.234 e. The summed E-state index contributed by atoms with van der Waals surface area (Å²) in [7, 11) is -2.96. The molecule has 4 rings (SSSR count). The zero-order chi connectivity index (χ0) is 15.3. The van der Waals surface area contributed by atoms with Crippen LogP contribution in [0.1, 0.15) is 17.3 Å². The highest BCUT2D eigenvalue weighted by atomic mass is 32.2. The molecule has 0 spiro atoms. The lowest BCUT2D eigenvalue weighted by atomic mass is 10.1. The quantitative estimate of drug-likeness (QED) is 0.713. The maximum absolute atomic E-state index is 13.4. The normalized spacial score (nSPS) is 20.7. The Bertz CT molecular complexity index is 963. The van der Waals surface area contributed by atoms with E-state index in [1.807, 2.05) is 0 Å². The molecule has 22 heavy (non-hydrogen) atoms. The van der Waals surface area contributed by atoms with Crippen LogP contribution in [-0.4, -0.2) is 39.7 Å². The standard InChI is InChI=1S/C13H11FN4O2S2/c14-10-3-1-2-8(6-10)11-15-16-13-18(11)17-12(21-13)9-4-5-22(19,20)7-9/h1-3,6,9H,4-5,7H2/t9-/m1/s1. The zero-order valence-electron chi connectivity index (χ0n) is 11.3. The number of hydrogen-bond acceptors (Lipinski definition) is 6. The Balaban J connectivity index is 1.77. The number of sulfone groups is 1. The summed E-state index contributed by atoms with van der Waals surface area (Å²) in [6.45, 7) is 0. The summed E-state index contributed by atoms with van der Waals surface area (Å²) < 4.78 is 38.1. The molecular formula is C13H11FN4O2S2. The van der Waals surface area contributed by atoms with Crippen LogP contribution in [0.2, 0.25) is 0 Å². The summed E-state index contributed by atoms with van der Waals surface area (Å²) in [5.74, 6) is 0.350. The molecule has 114 valence electrons. The molecule has 1 atom stereocenters. The summed E-state index contributed by atoms with van der Waals surface area (Å²) in [5.41, 5.74) is 0.586. The summed E-state index contributed by atoms with van der Waals surface area (Å²) in [4.78, 5) is 0.582. The van der Waals surface area contributed by atoms with E-state index in [2.05, 4.69) is 15.3 Å². The molecule has 9 heteroatoms. The molecule has 3 heterocycles. The van der Waals surface area contributed by atoms with Crippen molar-refractivity contribution in [1.29, 1.82) is 0 Å². The molecule has 0 saturated carbocycles. The van der Waals surface area contributed by atoms with Crippen LogP contribution in [0.25, 0.3) is 16.3 Å². The fraction of sp³-hybridized carbons (Fsp3) is 0.308. The number of aromatic nitrogens is 4. The Labute approximate surface area is 129 Å². The third kappa shape index (κ3) is 2.30. The number of benzene rings is 1. The van der Waals surface area contributed by atoms with Crippen molar-refractivity contribution in [2.24, 2.45) is 0 Å². The highest BCUT2D eigenvalue weighted by Crippen LogP contribution is 2.32. The number of hydrogen-bond donors (Lipinski definition) is 0. The Morgan fingerprint density at radius 3 is 2.91 bits per heavy atom. The van der Waals surface area contributed by atoms with E-state index in [0.29, 0.717) is 22.8 Å². The first-order valence-corrected chi connectivity index (χ1v) is 9.34.